The van der Waals surface area contributed by atoms with Gasteiger partial charge in [-0.25, -0.2) is 4.98 Å². The maximum Gasteiger partial charge on any atom is 0.251 e. The van der Waals surface area contributed by atoms with Gasteiger partial charge in [0.25, 0.3) is 5.91 Å². The van der Waals surface area contributed by atoms with Crippen molar-refractivity contribution in [3.63, 3.8) is 0 Å². The minimum atomic E-state index is -0.516. The monoisotopic (exact) mass is 570 g/mol. The van der Waals surface area contributed by atoms with Crippen LogP contribution in [0, 0.1) is 0 Å². The molecule has 0 aliphatic heterocycles. The number of halogens is 1. The van der Waals surface area contributed by atoms with Crippen LogP contribution in [0.4, 0.5) is 0 Å². The number of aliphatic hydroxyl groups is 1. The summed E-state index contributed by atoms with van der Waals surface area (Å²) in [5.74, 6) is 0.492. The molecule has 4 N–H and O–H groups in total. The number of aliphatic hydroxyl groups excluding tert-OH is 1. The fourth-order valence-electron chi connectivity index (χ4n) is 4.37. The number of nitrogens with zero attached hydrogens (tertiary/aromatic N) is 2. The molecule has 10 heteroatoms. The molecule has 2 amide bonds. The van der Waals surface area contributed by atoms with Gasteiger partial charge in [0, 0.05) is 36.5 Å². The SMILES string of the molecule is CC[C@@H](OCC(N)=O)c1nc(-c2ccc(C[C@@H](CCO)NC(=O)c3ccc(OC(C)C)c(Cl)c3)cc2)cn1CC. The quantitative estimate of drug-likeness (QED) is 0.243. The summed E-state index contributed by atoms with van der Waals surface area (Å²) < 4.78 is 13.3. The van der Waals surface area contributed by atoms with Crippen LogP contribution in [0.15, 0.2) is 48.7 Å². The lowest BCUT2D eigenvalue weighted by Crippen LogP contribution is -2.37. The number of aryl methyl sites for hydroxylation is 1. The van der Waals surface area contributed by atoms with E-state index < -0.39 is 5.91 Å². The molecule has 0 aliphatic carbocycles. The lowest BCUT2D eigenvalue weighted by Gasteiger charge is -2.19. The van der Waals surface area contributed by atoms with E-state index in [9.17, 15) is 14.7 Å². The van der Waals surface area contributed by atoms with E-state index in [4.69, 9.17) is 31.8 Å². The van der Waals surface area contributed by atoms with Crippen LogP contribution < -0.4 is 15.8 Å². The average molecular weight is 571 g/mol. The Bertz CT molecular complexity index is 1280. The molecule has 0 saturated carbocycles. The molecule has 9 nitrogen and oxygen atoms in total. The molecule has 0 aliphatic rings. The van der Waals surface area contributed by atoms with Gasteiger partial charge in [-0.2, -0.15) is 0 Å². The Kier molecular flexibility index (Phi) is 11.5. The maximum absolute atomic E-state index is 12.9. The summed E-state index contributed by atoms with van der Waals surface area (Å²) in [6.07, 6.45) is 3.21. The molecule has 0 radical (unpaired) electrons. The number of benzene rings is 2. The number of carbonyl (C=O) groups is 2. The van der Waals surface area contributed by atoms with E-state index in [2.05, 4.69) is 5.32 Å². The predicted molar refractivity (Wildman–Crippen MR) is 155 cm³/mol. The first-order valence-electron chi connectivity index (χ1n) is 13.6. The summed E-state index contributed by atoms with van der Waals surface area (Å²) in [5.41, 5.74) is 8.41. The standard InChI is InChI=1S/C30H39ClN4O5/c1-5-26(39-18-28(32)37)29-34-25(17-35(29)6-2)21-9-7-20(8-10-21)15-23(13-14-36)33-30(38)22-11-12-27(24(31)16-22)40-19(3)4/h7-12,16-17,19,23,26,36H,5-6,13-15,18H2,1-4H3,(H2,32,37)(H,33,38)/t23-,26-/m1/s1. The van der Waals surface area contributed by atoms with Crippen LogP contribution in [0.3, 0.4) is 0 Å². The molecular formula is C30H39ClN4O5. The Morgan fingerprint density at radius 1 is 1.15 bits per heavy atom. The van der Waals surface area contributed by atoms with Crippen molar-refractivity contribution in [3.8, 4) is 17.0 Å². The Hall–Kier alpha value is -3.40. The maximum atomic E-state index is 12.9. The number of ether oxygens (including phenoxy) is 2. The first-order valence-corrected chi connectivity index (χ1v) is 14.0. The first kappa shape index (κ1) is 31.1. The Morgan fingerprint density at radius 3 is 2.45 bits per heavy atom. The van der Waals surface area contributed by atoms with Crippen molar-refractivity contribution < 1.29 is 24.2 Å². The van der Waals surface area contributed by atoms with E-state index in [0.29, 0.717) is 42.1 Å². The number of nitrogens with two attached hydrogens (primary N) is 1. The van der Waals surface area contributed by atoms with E-state index in [-0.39, 0.29) is 37.4 Å². The summed E-state index contributed by atoms with van der Waals surface area (Å²) in [5, 5.41) is 13.0. The summed E-state index contributed by atoms with van der Waals surface area (Å²) in [6.45, 7) is 8.30. The number of primary amides is 1. The van der Waals surface area contributed by atoms with Crippen LogP contribution in [0.25, 0.3) is 11.3 Å². The zero-order valence-electron chi connectivity index (χ0n) is 23.5. The number of imidazole rings is 1. The van der Waals surface area contributed by atoms with Crippen LogP contribution in [-0.4, -0.2) is 51.8 Å². The van der Waals surface area contributed by atoms with Crippen LogP contribution in [0.5, 0.6) is 5.75 Å². The van der Waals surface area contributed by atoms with Crippen molar-refractivity contribution >= 4 is 23.4 Å². The van der Waals surface area contributed by atoms with Gasteiger partial charge in [-0.15, -0.1) is 0 Å². The number of amides is 2. The number of rotatable bonds is 15. The van der Waals surface area contributed by atoms with Crippen molar-refractivity contribution in [1.82, 2.24) is 14.9 Å². The normalized spacial score (nSPS) is 12.8. The van der Waals surface area contributed by atoms with E-state index in [1.54, 1.807) is 18.2 Å². The molecule has 0 fully saturated rings. The van der Waals surface area contributed by atoms with Crippen LogP contribution in [0.2, 0.25) is 5.02 Å². The number of hydrogen-bond acceptors (Lipinski definition) is 6. The van der Waals surface area contributed by atoms with Gasteiger partial charge in [-0.1, -0.05) is 42.8 Å². The van der Waals surface area contributed by atoms with Crippen molar-refractivity contribution in [1.29, 1.82) is 0 Å². The van der Waals surface area contributed by atoms with Gasteiger partial charge in [0.15, 0.2) is 0 Å². The number of carbonyl (C=O) groups excluding carboxylic acids is 2. The van der Waals surface area contributed by atoms with Crippen molar-refractivity contribution in [3.05, 3.63) is 70.6 Å². The second-order valence-corrected chi connectivity index (χ2v) is 10.2. The summed E-state index contributed by atoms with van der Waals surface area (Å²) in [6, 6.07) is 12.6. The third kappa shape index (κ3) is 8.55. The molecule has 216 valence electrons. The van der Waals surface area contributed by atoms with E-state index in [1.165, 1.54) is 0 Å². The van der Waals surface area contributed by atoms with Gasteiger partial charge in [-0.05, 0) is 63.8 Å². The number of hydrogen-bond donors (Lipinski definition) is 3. The largest absolute Gasteiger partial charge is 0.489 e. The van der Waals surface area contributed by atoms with Gasteiger partial charge >= 0.3 is 0 Å². The molecule has 0 saturated heterocycles. The Balaban J connectivity index is 1.71. The summed E-state index contributed by atoms with van der Waals surface area (Å²) in [7, 11) is 0. The minimum absolute atomic E-state index is 0.0301. The number of aromatic nitrogens is 2. The van der Waals surface area contributed by atoms with Gasteiger partial charge in [0.1, 0.15) is 24.3 Å². The fourth-order valence-corrected chi connectivity index (χ4v) is 4.60. The van der Waals surface area contributed by atoms with Crippen molar-refractivity contribution in [2.45, 2.75) is 71.8 Å². The highest BCUT2D eigenvalue weighted by Gasteiger charge is 2.20. The second-order valence-electron chi connectivity index (χ2n) is 9.84. The van der Waals surface area contributed by atoms with Crippen LogP contribution >= 0.6 is 11.6 Å². The van der Waals surface area contributed by atoms with Gasteiger partial charge in [0.05, 0.1) is 16.8 Å². The van der Waals surface area contributed by atoms with E-state index in [1.807, 2.05) is 62.7 Å². The smallest absolute Gasteiger partial charge is 0.251 e. The third-order valence-electron chi connectivity index (χ3n) is 6.33. The zero-order valence-corrected chi connectivity index (χ0v) is 24.3. The highest BCUT2D eigenvalue weighted by atomic mass is 35.5. The Morgan fingerprint density at radius 2 is 1.88 bits per heavy atom. The third-order valence-corrected chi connectivity index (χ3v) is 6.63. The van der Waals surface area contributed by atoms with E-state index >= 15 is 0 Å². The molecule has 1 heterocycles. The molecule has 0 spiro atoms. The highest BCUT2D eigenvalue weighted by Crippen LogP contribution is 2.28. The van der Waals surface area contributed by atoms with Crippen LogP contribution in [-0.2, 0) is 22.5 Å². The molecule has 3 aromatic rings. The Labute approximate surface area is 240 Å². The molecule has 1 aromatic heterocycles. The van der Waals surface area contributed by atoms with Gasteiger partial charge in [0.2, 0.25) is 5.91 Å². The zero-order chi connectivity index (χ0) is 29.2. The van der Waals surface area contributed by atoms with Gasteiger partial charge < -0.3 is 30.2 Å². The minimum Gasteiger partial charge on any atom is -0.489 e. The number of nitrogens with one attached hydrogen (secondary N) is 1. The highest BCUT2D eigenvalue weighted by molar-refractivity contribution is 6.32. The molecule has 2 atom stereocenters. The molecular weight excluding hydrogens is 532 g/mol. The predicted octanol–water partition coefficient (Wildman–Crippen LogP) is 4.69. The molecule has 2 aromatic carbocycles. The average Bonchev–Trinajstić information content (AvgIpc) is 3.34. The van der Waals surface area contributed by atoms with Crippen molar-refractivity contribution in [2.75, 3.05) is 13.2 Å². The lowest BCUT2D eigenvalue weighted by molar-refractivity contribution is -0.124. The second kappa shape index (κ2) is 14.8. The summed E-state index contributed by atoms with van der Waals surface area (Å²) >= 11 is 6.31. The molecule has 3 rings (SSSR count). The lowest BCUT2D eigenvalue weighted by atomic mass is 10.0. The molecule has 40 heavy (non-hydrogen) atoms. The molecule has 0 unspecified atom stereocenters. The summed E-state index contributed by atoms with van der Waals surface area (Å²) in [4.78, 5) is 28.9. The van der Waals surface area contributed by atoms with Crippen LogP contribution in [0.1, 0.15) is 68.4 Å². The van der Waals surface area contributed by atoms with E-state index in [0.717, 1.165) is 22.6 Å². The molecule has 0 bridgehead atoms. The van der Waals surface area contributed by atoms with Gasteiger partial charge in [-0.3, -0.25) is 9.59 Å². The fraction of sp³-hybridized carbons (Fsp3) is 0.433. The topological polar surface area (TPSA) is 129 Å². The van der Waals surface area contributed by atoms with Crippen molar-refractivity contribution in [2.24, 2.45) is 5.73 Å². The first-order chi connectivity index (χ1) is 19.1.